The lowest BCUT2D eigenvalue weighted by Crippen LogP contribution is -2.17. The molecule has 0 radical (unpaired) electrons. The van der Waals surface area contributed by atoms with Crippen LogP contribution >= 0.6 is 11.8 Å². The second kappa shape index (κ2) is 7.52. The third-order valence-corrected chi connectivity index (χ3v) is 5.76. The van der Waals surface area contributed by atoms with Crippen LogP contribution in [0.25, 0.3) is 0 Å². The molecule has 1 heterocycles. The molecule has 4 heteroatoms. The van der Waals surface area contributed by atoms with E-state index in [1.807, 2.05) is 11.8 Å². The first-order valence-electron chi connectivity index (χ1n) is 8.79. The fraction of sp³-hybridized carbons (Fsp3) is 0.579. The molecule has 124 valence electrons. The Labute approximate surface area is 143 Å². The largest absolute Gasteiger partial charge is 0.303 e. The maximum atomic E-state index is 4.53. The molecule has 23 heavy (non-hydrogen) atoms. The van der Waals surface area contributed by atoms with Gasteiger partial charge in [-0.05, 0) is 30.9 Å². The lowest BCUT2D eigenvalue weighted by Gasteiger charge is -2.26. The predicted octanol–water partition coefficient (Wildman–Crippen LogP) is 5.51. The van der Waals surface area contributed by atoms with Gasteiger partial charge in [-0.2, -0.15) is 0 Å². The Kier molecular flexibility index (Phi) is 5.42. The van der Waals surface area contributed by atoms with Gasteiger partial charge in [0.2, 0.25) is 0 Å². The van der Waals surface area contributed by atoms with Crippen molar-refractivity contribution in [3.63, 3.8) is 0 Å². The maximum absolute atomic E-state index is 4.53. The molecule has 0 spiro atoms. The molecule has 0 saturated heterocycles. The third-order valence-electron chi connectivity index (χ3n) is 4.77. The Morgan fingerprint density at radius 1 is 1.13 bits per heavy atom. The zero-order valence-electron chi connectivity index (χ0n) is 14.5. The van der Waals surface area contributed by atoms with E-state index in [0.717, 1.165) is 16.7 Å². The molecular formula is C19H27N3S. The van der Waals surface area contributed by atoms with Gasteiger partial charge in [0.25, 0.3) is 0 Å². The van der Waals surface area contributed by atoms with Crippen molar-refractivity contribution in [2.45, 2.75) is 75.7 Å². The fourth-order valence-electron chi connectivity index (χ4n) is 3.38. The summed E-state index contributed by atoms with van der Waals surface area (Å²) < 4.78 is 2.45. The quantitative estimate of drug-likeness (QED) is 0.678. The molecule has 0 unspecified atom stereocenters. The summed E-state index contributed by atoms with van der Waals surface area (Å²) in [6.45, 7) is 6.62. The second-order valence-corrected chi connectivity index (χ2v) is 7.81. The number of benzene rings is 1. The number of hydrogen-bond donors (Lipinski definition) is 0. The van der Waals surface area contributed by atoms with E-state index in [-0.39, 0.29) is 0 Å². The average molecular weight is 330 g/mol. The second-order valence-electron chi connectivity index (χ2n) is 6.87. The van der Waals surface area contributed by atoms with Crippen LogP contribution < -0.4 is 0 Å². The SMILES string of the molecule is Cc1ccccc1CSc1nnc(C(C)C)n1C1CCCCC1. The van der Waals surface area contributed by atoms with Gasteiger partial charge in [0.05, 0.1) is 0 Å². The van der Waals surface area contributed by atoms with Gasteiger partial charge in [0, 0.05) is 17.7 Å². The van der Waals surface area contributed by atoms with E-state index < -0.39 is 0 Å². The molecule has 1 aliphatic carbocycles. The Hall–Kier alpha value is -1.29. The monoisotopic (exact) mass is 329 g/mol. The number of nitrogens with zero attached hydrogens (tertiary/aromatic N) is 3. The van der Waals surface area contributed by atoms with Crippen LogP contribution in [-0.2, 0) is 5.75 Å². The van der Waals surface area contributed by atoms with E-state index in [1.54, 1.807) is 0 Å². The van der Waals surface area contributed by atoms with Crippen LogP contribution in [0.4, 0.5) is 0 Å². The van der Waals surface area contributed by atoms with Gasteiger partial charge in [0.1, 0.15) is 5.82 Å². The normalized spacial score (nSPS) is 16.2. The lowest BCUT2D eigenvalue weighted by atomic mass is 9.95. The Bertz CT molecular complexity index is 642. The third kappa shape index (κ3) is 3.79. The van der Waals surface area contributed by atoms with E-state index >= 15 is 0 Å². The number of thioether (sulfide) groups is 1. The summed E-state index contributed by atoms with van der Waals surface area (Å²) in [4.78, 5) is 0. The zero-order chi connectivity index (χ0) is 16.2. The molecule has 0 aliphatic heterocycles. The molecule has 0 amide bonds. The highest BCUT2D eigenvalue weighted by Crippen LogP contribution is 2.35. The summed E-state index contributed by atoms with van der Waals surface area (Å²) in [5.41, 5.74) is 2.75. The Morgan fingerprint density at radius 2 is 1.87 bits per heavy atom. The number of rotatable bonds is 5. The fourth-order valence-corrected chi connectivity index (χ4v) is 4.47. The summed E-state index contributed by atoms with van der Waals surface area (Å²) >= 11 is 1.84. The first-order chi connectivity index (χ1) is 11.2. The molecule has 1 aromatic carbocycles. The van der Waals surface area contributed by atoms with Gasteiger partial charge >= 0.3 is 0 Å². The molecule has 3 nitrogen and oxygen atoms in total. The minimum atomic E-state index is 0.428. The number of aromatic nitrogens is 3. The van der Waals surface area contributed by atoms with Crippen molar-refractivity contribution in [2.24, 2.45) is 0 Å². The van der Waals surface area contributed by atoms with E-state index in [0.29, 0.717) is 12.0 Å². The Morgan fingerprint density at radius 3 is 2.57 bits per heavy atom. The van der Waals surface area contributed by atoms with Gasteiger partial charge < -0.3 is 4.57 Å². The molecule has 0 atom stereocenters. The molecule has 0 N–H and O–H groups in total. The van der Waals surface area contributed by atoms with E-state index in [4.69, 9.17) is 0 Å². The molecule has 1 aromatic heterocycles. The molecule has 2 aromatic rings. The van der Waals surface area contributed by atoms with Crippen LogP contribution in [0.3, 0.4) is 0 Å². The summed E-state index contributed by atoms with van der Waals surface area (Å²) in [6, 6.07) is 9.21. The summed E-state index contributed by atoms with van der Waals surface area (Å²) in [7, 11) is 0. The molecule has 1 fully saturated rings. The summed E-state index contributed by atoms with van der Waals surface area (Å²) in [5, 5.41) is 10.2. The van der Waals surface area contributed by atoms with Crippen LogP contribution in [0.15, 0.2) is 29.4 Å². The van der Waals surface area contributed by atoms with Crippen molar-refractivity contribution in [3.8, 4) is 0 Å². The highest BCUT2D eigenvalue weighted by molar-refractivity contribution is 7.98. The van der Waals surface area contributed by atoms with E-state index in [2.05, 4.69) is 59.8 Å². The van der Waals surface area contributed by atoms with E-state index in [1.165, 1.54) is 43.2 Å². The van der Waals surface area contributed by atoms with Crippen molar-refractivity contribution in [1.82, 2.24) is 14.8 Å². The molecule has 1 aliphatic rings. The highest BCUT2D eigenvalue weighted by Gasteiger charge is 2.24. The topological polar surface area (TPSA) is 30.7 Å². The van der Waals surface area contributed by atoms with Crippen LogP contribution in [-0.4, -0.2) is 14.8 Å². The summed E-state index contributed by atoms with van der Waals surface area (Å²) in [6.07, 6.45) is 6.59. The van der Waals surface area contributed by atoms with Gasteiger partial charge in [-0.15, -0.1) is 10.2 Å². The van der Waals surface area contributed by atoms with Gasteiger partial charge in [-0.25, -0.2) is 0 Å². The van der Waals surface area contributed by atoms with Crippen molar-refractivity contribution in [3.05, 3.63) is 41.2 Å². The smallest absolute Gasteiger partial charge is 0.191 e. The van der Waals surface area contributed by atoms with Gasteiger partial charge in [-0.1, -0.05) is 69.1 Å². The minimum Gasteiger partial charge on any atom is -0.303 e. The lowest BCUT2D eigenvalue weighted by molar-refractivity contribution is 0.326. The standard InChI is InChI=1S/C19H27N3S/c1-14(2)18-20-21-19(22(18)17-11-5-4-6-12-17)23-13-16-10-8-7-9-15(16)3/h7-10,14,17H,4-6,11-13H2,1-3H3. The van der Waals surface area contributed by atoms with Gasteiger partial charge in [-0.3, -0.25) is 0 Å². The number of hydrogen-bond acceptors (Lipinski definition) is 3. The molecule has 0 bridgehead atoms. The van der Waals surface area contributed by atoms with Crippen molar-refractivity contribution < 1.29 is 0 Å². The number of aryl methyl sites for hydroxylation is 1. The van der Waals surface area contributed by atoms with Crippen LogP contribution in [0.1, 0.15) is 74.9 Å². The molecule has 1 saturated carbocycles. The zero-order valence-corrected chi connectivity index (χ0v) is 15.3. The highest BCUT2D eigenvalue weighted by atomic mass is 32.2. The predicted molar refractivity (Wildman–Crippen MR) is 97.0 cm³/mol. The average Bonchev–Trinajstić information content (AvgIpc) is 2.99. The van der Waals surface area contributed by atoms with Crippen molar-refractivity contribution in [2.75, 3.05) is 0 Å². The van der Waals surface area contributed by atoms with Crippen LogP contribution in [0, 0.1) is 6.92 Å². The summed E-state index contributed by atoms with van der Waals surface area (Å²) in [5.74, 6) is 2.55. The molecular weight excluding hydrogens is 302 g/mol. The van der Waals surface area contributed by atoms with Crippen molar-refractivity contribution >= 4 is 11.8 Å². The van der Waals surface area contributed by atoms with Crippen molar-refractivity contribution in [1.29, 1.82) is 0 Å². The Balaban J connectivity index is 1.82. The minimum absolute atomic E-state index is 0.428. The van der Waals surface area contributed by atoms with Crippen LogP contribution in [0.2, 0.25) is 0 Å². The van der Waals surface area contributed by atoms with E-state index in [9.17, 15) is 0 Å². The van der Waals surface area contributed by atoms with Gasteiger partial charge in [0.15, 0.2) is 5.16 Å². The van der Waals surface area contributed by atoms with Crippen LogP contribution in [0.5, 0.6) is 0 Å². The maximum Gasteiger partial charge on any atom is 0.191 e. The molecule has 3 rings (SSSR count). The first-order valence-corrected chi connectivity index (χ1v) is 9.77. The first kappa shape index (κ1) is 16.6.